The molecule has 3 nitrogen and oxygen atoms in total. The summed E-state index contributed by atoms with van der Waals surface area (Å²) in [5.74, 6) is -0.948. The molecule has 15 heavy (non-hydrogen) atoms. The van der Waals surface area contributed by atoms with E-state index in [0.29, 0.717) is 25.7 Å². The first-order valence-corrected chi connectivity index (χ1v) is 6.17. The minimum Gasteiger partial charge on any atom is -0.748 e. The average Bonchev–Trinajstić information content (AvgIpc) is 2.00. The van der Waals surface area contributed by atoms with Crippen LogP contribution in [0.5, 0.6) is 0 Å². The summed E-state index contributed by atoms with van der Waals surface area (Å²) in [5, 5.41) is 0. The van der Waals surface area contributed by atoms with Crippen LogP contribution in [0.25, 0.3) is 0 Å². The molecular formula is C8H15F2NaO3S. The van der Waals surface area contributed by atoms with E-state index in [9.17, 15) is 21.8 Å². The van der Waals surface area contributed by atoms with Gasteiger partial charge in [0, 0.05) is 0 Å². The number of halogens is 2. The second-order valence-electron chi connectivity index (χ2n) is 3.21. The summed E-state index contributed by atoms with van der Waals surface area (Å²) in [6.45, 7) is -0.381. The Morgan fingerprint density at radius 2 is 1.67 bits per heavy atom. The molecule has 0 bridgehead atoms. The van der Waals surface area contributed by atoms with E-state index in [0.717, 1.165) is 0 Å². The second-order valence-corrected chi connectivity index (χ2v) is 4.66. The molecule has 0 saturated heterocycles. The molecule has 0 saturated carbocycles. The van der Waals surface area contributed by atoms with Gasteiger partial charge in [0.2, 0.25) is 0 Å². The first-order valence-electron chi connectivity index (χ1n) is 4.59. The van der Waals surface area contributed by atoms with E-state index >= 15 is 0 Å². The molecular weight excluding hydrogens is 237 g/mol. The van der Waals surface area contributed by atoms with Crippen molar-refractivity contribution in [3.8, 4) is 0 Å². The predicted molar refractivity (Wildman–Crippen MR) is 48.5 cm³/mol. The number of alkyl halides is 2. The number of unbranched alkanes of at least 4 members (excludes halogenated alkanes) is 3. The molecule has 0 fully saturated rings. The van der Waals surface area contributed by atoms with Crippen LogP contribution in [0.15, 0.2) is 0 Å². The van der Waals surface area contributed by atoms with Crippen LogP contribution in [0.4, 0.5) is 8.78 Å². The van der Waals surface area contributed by atoms with Crippen LogP contribution in [0.1, 0.15) is 32.1 Å². The first kappa shape index (κ1) is 18.1. The van der Waals surface area contributed by atoms with E-state index in [-0.39, 0.29) is 42.7 Å². The molecule has 7 heteroatoms. The van der Waals surface area contributed by atoms with E-state index in [1.807, 2.05) is 0 Å². The Balaban J connectivity index is 0. The molecule has 86 valence electrons. The number of hydrogen-bond donors (Lipinski definition) is 0. The van der Waals surface area contributed by atoms with Crippen molar-refractivity contribution >= 4 is 10.1 Å². The van der Waals surface area contributed by atoms with Crippen molar-refractivity contribution in [2.24, 2.45) is 0 Å². The van der Waals surface area contributed by atoms with Gasteiger partial charge in [-0.25, -0.2) is 12.8 Å². The zero-order chi connectivity index (χ0) is 11.0. The van der Waals surface area contributed by atoms with Crippen molar-refractivity contribution in [3.63, 3.8) is 0 Å². The zero-order valence-corrected chi connectivity index (χ0v) is 11.7. The Bertz CT molecular complexity index is 234. The van der Waals surface area contributed by atoms with Gasteiger partial charge in [-0.2, -0.15) is 0 Å². The molecule has 0 spiro atoms. The second kappa shape index (κ2) is 9.96. The van der Waals surface area contributed by atoms with Crippen LogP contribution in [-0.2, 0) is 10.1 Å². The maximum absolute atomic E-state index is 12.8. The smallest absolute Gasteiger partial charge is 0.748 e. The van der Waals surface area contributed by atoms with E-state index in [1.54, 1.807) is 0 Å². The molecule has 0 aromatic heterocycles. The summed E-state index contributed by atoms with van der Waals surface area (Å²) in [5.41, 5.74) is 0. The SMILES string of the molecule is O=S(=O)([O-])CC(F)CCCCCCF.[Na+]. The standard InChI is InChI=1S/C8H16F2O3S.Na/c9-6-4-2-1-3-5-8(10)7-14(11,12)13;/h8H,1-7H2,(H,11,12,13);/q;+1/p-1. The van der Waals surface area contributed by atoms with E-state index < -0.39 is 22.0 Å². The summed E-state index contributed by atoms with van der Waals surface area (Å²) in [4.78, 5) is 0. The van der Waals surface area contributed by atoms with Gasteiger partial charge in [-0.05, 0) is 12.8 Å². The van der Waals surface area contributed by atoms with Crippen molar-refractivity contribution < 1.29 is 51.3 Å². The summed E-state index contributed by atoms with van der Waals surface area (Å²) < 4.78 is 54.8. The van der Waals surface area contributed by atoms with E-state index in [1.165, 1.54) is 0 Å². The van der Waals surface area contributed by atoms with Crippen molar-refractivity contribution in [1.29, 1.82) is 0 Å². The van der Waals surface area contributed by atoms with Gasteiger partial charge in [0.25, 0.3) is 0 Å². The summed E-state index contributed by atoms with van der Waals surface area (Å²) >= 11 is 0. The Kier molecular flexibility index (Phi) is 12.0. The largest absolute Gasteiger partial charge is 1.00 e. The topological polar surface area (TPSA) is 57.2 Å². The molecule has 0 rings (SSSR count). The third-order valence-corrected chi connectivity index (χ3v) is 2.56. The Hall–Kier alpha value is 0.770. The van der Waals surface area contributed by atoms with Crippen molar-refractivity contribution in [2.45, 2.75) is 38.3 Å². The molecule has 0 radical (unpaired) electrons. The summed E-state index contributed by atoms with van der Waals surface area (Å²) in [7, 11) is -4.46. The van der Waals surface area contributed by atoms with Gasteiger partial charge >= 0.3 is 29.6 Å². The minimum atomic E-state index is -4.46. The van der Waals surface area contributed by atoms with E-state index in [2.05, 4.69) is 0 Å². The van der Waals surface area contributed by atoms with Crippen LogP contribution in [-0.4, -0.2) is 31.6 Å². The van der Waals surface area contributed by atoms with E-state index in [4.69, 9.17) is 0 Å². The van der Waals surface area contributed by atoms with Crippen LogP contribution in [0.2, 0.25) is 0 Å². The molecule has 0 aliphatic carbocycles. The monoisotopic (exact) mass is 252 g/mol. The van der Waals surface area contributed by atoms with Gasteiger partial charge in [-0.1, -0.05) is 19.3 Å². The Morgan fingerprint density at radius 3 is 2.13 bits per heavy atom. The van der Waals surface area contributed by atoms with Crippen molar-refractivity contribution in [1.82, 2.24) is 0 Å². The Labute approximate surface area is 112 Å². The molecule has 0 heterocycles. The van der Waals surface area contributed by atoms with Gasteiger partial charge in [-0.15, -0.1) is 0 Å². The fraction of sp³-hybridized carbons (Fsp3) is 1.00. The van der Waals surface area contributed by atoms with Crippen LogP contribution >= 0.6 is 0 Å². The van der Waals surface area contributed by atoms with Crippen LogP contribution < -0.4 is 29.6 Å². The molecule has 0 aromatic carbocycles. The predicted octanol–water partition coefficient (Wildman–Crippen LogP) is -1.21. The zero-order valence-electron chi connectivity index (χ0n) is 8.92. The van der Waals surface area contributed by atoms with Crippen LogP contribution in [0.3, 0.4) is 0 Å². The first-order chi connectivity index (χ1) is 6.45. The minimum absolute atomic E-state index is 0. The molecule has 0 N–H and O–H groups in total. The van der Waals surface area contributed by atoms with Crippen molar-refractivity contribution in [3.05, 3.63) is 0 Å². The van der Waals surface area contributed by atoms with Gasteiger partial charge in [0.05, 0.1) is 22.5 Å². The molecule has 1 atom stereocenters. The molecule has 0 aromatic rings. The molecule has 1 unspecified atom stereocenters. The van der Waals surface area contributed by atoms with Gasteiger partial charge in [0.1, 0.15) is 6.17 Å². The third kappa shape index (κ3) is 14.8. The average molecular weight is 252 g/mol. The maximum atomic E-state index is 12.8. The summed E-state index contributed by atoms with van der Waals surface area (Å²) in [6.07, 6.45) is 0.778. The molecule has 0 aliphatic rings. The molecule has 0 aliphatic heterocycles. The number of hydrogen-bond acceptors (Lipinski definition) is 3. The van der Waals surface area contributed by atoms with Gasteiger partial charge in [-0.3, -0.25) is 4.39 Å². The molecule has 0 amide bonds. The third-order valence-electron chi connectivity index (χ3n) is 1.79. The van der Waals surface area contributed by atoms with Crippen LogP contribution in [0, 0.1) is 0 Å². The normalized spacial score (nSPS) is 13.3. The quantitative estimate of drug-likeness (QED) is 0.309. The fourth-order valence-corrected chi connectivity index (χ4v) is 1.73. The summed E-state index contributed by atoms with van der Waals surface area (Å²) in [6, 6.07) is 0. The van der Waals surface area contributed by atoms with Crippen molar-refractivity contribution in [2.75, 3.05) is 12.4 Å². The fourth-order valence-electron chi connectivity index (χ4n) is 1.12. The van der Waals surface area contributed by atoms with Gasteiger partial charge in [0.15, 0.2) is 0 Å². The maximum Gasteiger partial charge on any atom is 1.00 e. The number of rotatable bonds is 8. The Morgan fingerprint density at radius 1 is 1.13 bits per heavy atom. The van der Waals surface area contributed by atoms with Gasteiger partial charge < -0.3 is 4.55 Å².